The molecule has 1 fully saturated rings. The van der Waals surface area contributed by atoms with Crippen LogP contribution in [-0.2, 0) is 14.8 Å². The van der Waals surface area contributed by atoms with Crippen LogP contribution in [-0.4, -0.2) is 72.5 Å². The number of ether oxygens (including phenoxy) is 1. The maximum Gasteiger partial charge on any atom is 0.247 e. The molecule has 1 saturated carbocycles. The maximum atomic E-state index is 13.6. The molecule has 0 radical (unpaired) electrons. The lowest BCUT2D eigenvalue weighted by atomic mass is 9.84. The van der Waals surface area contributed by atoms with E-state index in [1.807, 2.05) is 19.1 Å². The second-order valence-electron chi connectivity index (χ2n) is 9.49. The number of hydrogen-bond acceptors (Lipinski definition) is 6. The van der Waals surface area contributed by atoms with Crippen LogP contribution in [0.5, 0.6) is 5.75 Å². The zero-order valence-electron chi connectivity index (χ0n) is 19.9. The predicted molar refractivity (Wildman–Crippen MR) is 129 cm³/mol. The lowest BCUT2D eigenvalue weighted by Gasteiger charge is -2.38. The molecule has 0 unspecified atom stereocenters. The van der Waals surface area contributed by atoms with Crippen molar-refractivity contribution in [2.45, 2.75) is 50.2 Å². The molecule has 184 valence electrons. The van der Waals surface area contributed by atoms with Crippen molar-refractivity contribution in [1.82, 2.24) is 14.2 Å². The summed E-state index contributed by atoms with van der Waals surface area (Å²) in [6.07, 6.45) is 5.89. The summed E-state index contributed by atoms with van der Waals surface area (Å²) in [6.45, 7) is 3.87. The van der Waals surface area contributed by atoms with Gasteiger partial charge in [-0.1, -0.05) is 25.5 Å². The number of sulfonamides is 1. The van der Waals surface area contributed by atoms with E-state index in [1.54, 1.807) is 49.5 Å². The van der Waals surface area contributed by atoms with Gasteiger partial charge < -0.3 is 14.7 Å². The number of aromatic nitrogens is 1. The Morgan fingerprint density at radius 3 is 2.68 bits per heavy atom. The lowest BCUT2D eigenvalue weighted by Crippen LogP contribution is -2.50. The first-order valence-corrected chi connectivity index (χ1v) is 13.2. The molecule has 0 bridgehead atoms. The minimum absolute atomic E-state index is 0.0605. The molecular formula is C25H33N3O5S. The van der Waals surface area contributed by atoms with Crippen molar-refractivity contribution in [1.29, 1.82) is 0 Å². The Hall–Kier alpha value is -2.49. The number of pyridine rings is 1. The number of fused-ring (bicyclic) bond motifs is 1. The molecule has 34 heavy (non-hydrogen) atoms. The van der Waals surface area contributed by atoms with Crippen LogP contribution >= 0.6 is 0 Å². The monoisotopic (exact) mass is 487 g/mol. The Bertz CT molecular complexity index is 1120. The smallest absolute Gasteiger partial charge is 0.247 e. The van der Waals surface area contributed by atoms with E-state index in [-0.39, 0.29) is 41.5 Å². The highest BCUT2D eigenvalue weighted by atomic mass is 32.2. The molecule has 8 nitrogen and oxygen atoms in total. The third kappa shape index (κ3) is 4.82. The van der Waals surface area contributed by atoms with Gasteiger partial charge in [0, 0.05) is 49.4 Å². The highest BCUT2D eigenvalue weighted by molar-refractivity contribution is 7.89. The first-order valence-electron chi connectivity index (χ1n) is 11.8. The number of likely N-dealkylation sites (N-methyl/N-ethyl adjacent to an activating group) is 1. The molecule has 0 saturated heterocycles. The second kappa shape index (κ2) is 10.0. The summed E-state index contributed by atoms with van der Waals surface area (Å²) in [5, 5.41) is 9.79. The van der Waals surface area contributed by atoms with E-state index in [2.05, 4.69) is 4.98 Å². The molecule has 3 atom stereocenters. The quantitative estimate of drug-likeness (QED) is 0.673. The Morgan fingerprint density at radius 1 is 1.29 bits per heavy atom. The minimum Gasteiger partial charge on any atom is -0.487 e. The number of aliphatic hydroxyl groups is 1. The third-order valence-electron chi connectivity index (χ3n) is 6.95. The van der Waals surface area contributed by atoms with E-state index in [1.165, 1.54) is 4.31 Å². The van der Waals surface area contributed by atoms with Crippen LogP contribution in [0.25, 0.3) is 11.1 Å². The first-order chi connectivity index (χ1) is 16.2. The number of carbonyl (C=O) groups excluding carboxylic acids is 1. The Morgan fingerprint density at radius 2 is 2.06 bits per heavy atom. The Balaban J connectivity index is 1.74. The van der Waals surface area contributed by atoms with Gasteiger partial charge in [0.2, 0.25) is 15.9 Å². The van der Waals surface area contributed by atoms with Crippen molar-refractivity contribution in [3.8, 4) is 16.9 Å². The number of carbonyl (C=O) groups is 1. The molecule has 1 aliphatic heterocycles. The van der Waals surface area contributed by atoms with Gasteiger partial charge >= 0.3 is 0 Å². The largest absolute Gasteiger partial charge is 0.487 e. The fraction of sp³-hybridized carbons (Fsp3) is 0.520. The van der Waals surface area contributed by atoms with Crippen LogP contribution in [0.15, 0.2) is 47.6 Å². The van der Waals surface area contributed by atoms with Gasteiger partial charge in [0.15, 0.2) is 0 Å². The molecule has 1 aliphatic carbocycles. The van der Waals surface area contributed by atoms with Crippen molar-refractivity contribution in [3.05, 3.63) is 42.7 Å². The topological polar surface area (TPSA) is 100 Å². The number of amides is 1. The van der Waals surface area contributed by atoms with Crippen LogP contribution in [0, 0.1) is 11.8 Å². The van der Waals surface area contributed by atoms with Crippen LogP contribution in [0.4, 0.5) is 0 Å². The molecule has 2 aromatic rings. The molecule has 1 amide bonds. The Labute approximate surface area is 201 Å². The van der Waals surface area contributed by atoms with Crippen LogP contribution in [0.2, 0.25) is 0 Å². The number of aliphatic hydroxyl groups excluding tert-OH is 1. The highest BCUT2D eigenvalue weighted by Crippen LogP contribution is 2.36. The van der Waals surface area contributed by atoms with Crippen molar-refractivity contribution >= 4 is 15.9 Å². The number of nitrogens with zero attached hydrogens (tertiary/aromatic N) is 3. The fourth-order valence-electron chi connectivity index (χ4n) is 4.48. The lowest BCUT2D eigenvalue weighted by molar-refractivity contribution is -0.138. The van der Waals surface area contributed by atoms with Gasteiger partial charge in [-0.2, -0.15) is 4.31 Å². The molecule has 4 rings (SSSR count). The summed E-state index contributed by atoms with van der Waals surface area (Å²) >= 11 is 0. The molecule has 1 aromatic heterocycles. The molecule has 2 heterocycles. The van der Waals surface area contributed by atoms with Gasteiger partial charge in [-0.15, -0.1) is 0 Å². The third-order valence-corrected chi connectivity index (χ3v) is 8.97. The van der Waals surface area contributed by atoms with Crippen molar-refractivity contribution in [2.24, 2.45) is 11.8 Å². The van der Waals surface area contributed by atoms with Gasteiger partial charge in [-0.25, -0.2) is 8.42 Å². The van der Waals surface area contributed by atoms with E-state index in [9.17, 15) is 18.3 Å². The highest BCUT2D eigenvalue weighted by Gasteiger charge is 2.39. The van der Waals surface area contributed by atoms with Crippen LogP contribution in [0.1, 0.15) is 33.1 Å². The van der Waals surface area contributed by atoms with Gasteiger partial charge in [0.25, 0.3) is 0 Å². The normalized spacial score (nSPS) is 23.5. The molecule has 9 heteroatoms. The van der Waals surface area contributed by atoms with Crippen LogP contribution in [0.3, 0.4) is 0 Å². The average molecular weight is 488 g/mol. The Kier molecular flexibility index (Phi) is 7.25. The van der Waals surface area contributed by atoms with Crippen LogP contribution < -0.4 is 4.74 Å². The van der Waals surface area contributed by atoms with Gasteiger partial charge in [0.05, 0.1) is 13.2 Å². The standard InChI is InChI=1S/C25H33N3O5S/c1-17-14-28(18(2)16-29)34(31,32)24-10-9-20(21-8-5-11-26-13-21)12-22(24)33-23(17)15-27(3)25(30)19-6-4-7-19/h5,8-13,17-19,23,29H,4,6-7,14-16H2,1-3H3/t17-,18+,23-/m0/s1. The second-order valence-corrected chi connectivity index (χ2v) is 11.3. The maximum absolute atomic E-state index is 13.6. The minimum atomic E-state index is -3.91. The number of benzene rings is 1. The molecule has 0 spiro atoms. The summed E-state index contributed by atoms with van der Waals surface area (Å²) in [5.74, 6) is 0.222. The summed E-state index contributed by atoms with van der Waals surface area (Å²) in [6, 6.07) is 8.15. The number of rotatable bonds is 6. The van der Waals surface area contributed by atoms with E-state index >= 15 is 0 Å². The summed E-state index contributed by atoms with van der Waals surface area (Å²) in [5.41, 5.74) is 1.63. The zero-order valence-corrected chi connectivity index (χ0v) is 20.7. The van der Waals surface area contributed by atoms with Crippen molar-refractivity contribution < 1.29 is 23.1 Å². The van der Waals surface area contributed by atoms with Gasteiger partial charge in [-0.05, 0) is 43.5 Å². The van der Waals surface area contributed by atoms with Gasteiger partial charge in [-0.3, -0.25) is 9.78 Å². The summed E-state index contributed by atoms with van der Waals surface area (Å²) in [4.78, 5) is 18.7. The summed E-state index contributed by atoms with van der Waals surface area (Å²) < 4.78 is 34.9. The van der Waals surface area contributed by atoms with E-state index < -0.39 is 22.2 Å². The molecule has 2 aliphatic rings. The summed E-state index contributed by atoms with van der Waals surface area (Å²) in [7, 11) is -2.13. The molecule has 1 N–H and O–H groups in total. The first kappa shape index (κ1) is 24.6. The molecular weight excluding hydrogens is 454 g/mol. The number of hydrogen-bond donors (Lipinski definition) is 1. The molecule has 1 aromatic carbocycles. The van der Waals surface area contributed by atoms with E-state index in [0.29, 0.717) is 6.54 Å². The SMILES string of the molecule is C[C@H](CO)N1C[C@H](C)[C@H](CN(C)C(=O)C2CCC2)Oc2cc(-c3cccnc3)ccc2S1(=O)=O. The van der Waals surface area contributed by atoms with Gasteiger partial charge in [0.1, 0.15) is 16.7 Å². The predicted octanol–water partition coefficient (Wildman–Crippen LogP) is 2.78. The average Bonchev–Trinajstić information content (AvgIpc) is 2.79. The van der Waals surface area contributed by atoms with E-state index in [0.717, 1.165) is 30.4 Å². The fourth-order valence-corrected chi connectivity index (χ4v) is 6.31. The van der Waals surface area contributed by atoms with Crippen molar-refractivity contribution in [3.63, 3.8) is 0 Å². The van der Waals surface area contributed by atoms with Crippen molar-refractivity contribution in [2.75, 3.05) is 26.7 Å². The van der Waals surface area contributed by atoms with E-state index in [4.69, 9.17) is 4.74 Å². The zero-order chi connectivity index (χ0) is 24.5.